The number of aromatic amines is 1. The van der Waals surface area contributed by atoms with Gasteiger partial charge < -0.3 is 25.8 Å². The molecule has 0 saturated heterocycles. The number of H-pyrrole nitrogens is 1. The maximum atomic E-state index is 12.7. The van der Waals surface area contributed by atoms with Crippen LogP contribution in [0.25, 0.3) is 0 Å². The van der Waals surface area contributed by atoms with Gasteiger partial charge in [-0.1, -0.05) is 13.2 Å². The van der Waals surface area contributed by atoms with Gasteiger partial charge in [0, 0.05) is 54.9 Å². The molecule has 1 aromatic rings. The lowest BCUT2D eigenvalue weighted by atomic mass is 10.3. The van der Waals surface area contributed by atoms with Crippen LogP contribution in [-0.4, -0.2) is 85.7 Å². The van der Waals surface area contributed by atoms with Gasteiger partial charge >= 0.3 is 5.69 Å². The van der Waals surface area contributed by atoms with Crippen LogP contribution in [0.15, 0.2) is 53.2 Å². The lowest BCUT2D eigenvalue weighted by molar-refractivity contribution is -0.131. The SMILES string of the molecule is C=CN(CCSCCN(CCS)C(=O)Cn1cc(C)c(=O)[nH]c1=O)C(=O)CN1C=CC(N)NC1=C. The monoisotopic (exact) mass is 523 g/mol. The normalized spacial score (nSPS) is 15.0. The van der Waals surface area contributed by atoms with Crippen molar-refractivity contribution in [1.82, 2.24) is 29.6 Å². The second-order valence-electron chi connectivity index (χ2n) is 7.77. The Kier molecular flexibility index (Phi) is 11.2. The lowest BCUT2D eigenvalue weighted by Gasteiger charge is -2.30. The Labute approximate surface area is 214 Å². The second kappa shape index (κ2) is 13.9. The van der Waals surface area contributed by atoms with E-state index in [0.717, 1.165) is 0 Å². The summed E-state index contributed by atoms with van der Waals surface area (Å²) in [5.41, 5.74) is 5.03. The number of hydrogen-bond donors (Lipinski definition) is 4. The van der Waals surface area contributed by atoms with Crippen molar-refractivity contribution in [2.24, 2.45) is 5.73 Å². The van der Waals surface area contributed by atoms with Crippen LogP contribution in [0.1, 0.15) is 5.56 Å². The first-order valence-electron chi connectivity index (χ1n) is 11.0. The average molecular weight is 524 g/mol. The molecule has 0 aliphatic carbocycles. The molecule has 192 valence electrons. The van der Waals surface area contributed by atoms with Gasteiger partial charge in [-0.3, -0.25) is 23.9 Å². The lowest BCUT2D eigenvalue weighted by Crippen LogP contribution is -2.46. The summed E-state index contributed by atoms with van der Waals surface area (Å²) in [5, 5.41) is 2.95. The molecule has 0 fully saturated rings. The van der Waals surface area contributed by atoms with Crippen LogP contribution >= 0.6 is 24.4 Å². The fraction of sp³-hybridized carbons (Fsp3) is 0.455. The number of thiol groups is 1. The average Bonchev–Trinajstić information content (AvgIpc) is 2.80. The Bertz CT molecular complexity index is 1070. The summed E-state index contributed by atoms with van der Waals surface area (Å²) >= 11 is 5.82. The van der Waals surface area contributed by atoms with Crippen molar-refractivity contribution in [3.63, 3.8) is 0 Å². The van der Waals surface area contributed by atoms with E-state index in [1.807, 2.05) is 0 Å². The molecule has 2 rings (SSSR count). The van der Waals surface area contributed by atoms with Crippen molar-refractivity contribution >= 4 is 36.2 Å². The minimum Gasteiger partial charge on any atom is -0.353 e. The number of aromatic nitrogens is 2. The van der Waals surface area contributed by atoms with E-state index in [4.69, 9.17) is 5.73 Å². The molecule has 0 spiro atoms. The number of aryl methyl sites for hydroxylation is 1. The van der Waals surface area contributed by atoms with Gasteiger partial charge in [-0.05, 0) is 19.2 Å². The van der Waals surface area contributed by atoms with E-state index in [0.29, 0.717) is 48.3 Å². The molecule has 1 unspecified atom stereocenters. The summed E-state index contributed by atoms with van der Waals surface area (Å²) in [4.78, 5) is 55.9. The molecule has 0 radical (unpaired) electrons. The van der Waals surface area contributed by atoms with E-state index in [-0.39, 0.29) is 31.1 Å². The maximum Gasteiger partial charge on any atom is 0.328 e. The molecular weight excluding hydrogens is 490 g/mol. The Morgan fingerprint density at radius 3 is 2.60 bits per heavy atom. The van der Waals surface area contributed by atoms with E-state index < -0.39 is 11.2 Å². The summed E-state index contributed by atoms with van der Waals surface area (Å²) in [5.74, 6) is 1.96. The van der Waals surface area contributed by atoms with E-state index in [1.54, 1.807) is 45.7 Å². The molecule has 0 aromatic carbocycles. The molecule has 1 aromatic heterocycles. The van der Waals surface area contributed by atoms with Gasteiger partial charge in [-0.15, -0.1) is 0 Å². The van der Waals surface area contributed by atoms with Crippen molar-refractivity contribution in [3.8, 4) is 0 Å². The summed E-state index contributed by atoms with van der Waals surface area (Å²) in [6.45, 7) is 10.5. The topological polar surface area (TPSA) is 137 Å². The highest BCUT2D eigenvalue weighted by Gasteiger charge is 2.19. The first kappa shape index (κ1) is 28.3. The molecular formula is C22H33N7O4S2. The van der Waals surface area contributed by atoms with Gasteiger partial charge in [0.15, 0.2) is 0 Å². The van der Waals surface area contributed by atoms with Crippen LogP contribution in [0.3, 0.4) is 0 Å². The largest absolute Gasteiger partial charge is 0.353 e. The quantitative estimate of drug-likeness (QED) is 0.200. The Hall–Kier alpha value is -2.90. The van der Waals surface area contributed by atoms with E-state index in [2.05, 4.69) is 36.1 Å². The second-order valence-corrected chi connectivity index (χ2v) is 9.44. The summed E-state index contributed by atoms with van der Waals surface area (Å²) in [6.07, 6.45) is 6.03. The molecule has 1 aliphatic rings. The van der Waals surface area contributed by atoms with Crippen LogP contribution in [0.4, 0.5) is 0 Å². The van der Waals surface area contributed by atoms with Gasteiger partial charge in [0.05, 0.1) is 12.0 Å². The molecule has 4 N–H and O–H groups in total. The van der Waals surface area contributed by atoms with Crippen LogP contribution in [0.2, 0.25) is 0 Å². The zero-order chi connectivity index (χ0) is 26.0. The zero-order valence-electron chi connectivity index (χ0n) is 19.8. The van der Waals surface area contributed by atoms with Gasteiger partial charge in [-0.2, -0.15) is 24.4 Å². The number of rotatable bonds is 13. The minimum absolute atomic E-state index is 0.111. The number of carbonyl (C=O) groups excluding carboxylic acids is 2. The summed E-state index contributed by atoms with van der Waals surface area (Å²) in [6, 6.07) is 0. The molecule has 35 heavy (non-hydrogen) atoms. The Balaban J connectivity index is 1.81. The van der Waals surface area contributed by atoms with Crippen LogP contribution < -0.4 is 22.3 Å². The summed E-state index contributed by atoms with van der Waals surface area (Å²) < 4.78 is 1.20. The van der Waals surface area contributed by atoms with Gasteiger partial charge in [0.1, 0.15) is 13.1 Å². The third-order valence-electron chi connectivity index (χ3n) is 5.20. The van der Waals surface area contributed by atoms with Crippen molar-refractivity contribution in [3.05, 3.63) is 70.1 Å². The highest BCUT2D eigenvalue weighted by molar-refractivity contribution is 7.99. The first-order valence-corrected chi connectivity index (χ1v) is 12.8. The summed E-state index contributed by atoms with van der Waals surface area (Å²) in [7, 11) is 0. The number of amides is 2. The number of thioether (sulfide) groups is 1. The Morgan fingerprint density at radius 1 is 1.23 bits per heavy atom. The van der Waals surface area contributed by atoms with Crippen molar-refractivity contribution in [2.45, 2.75) is 19.6 Å². The fourth-order valence-corrected chi connectivity index (χ4v) is 4.34. The third kappa shape index (κ3) is 8.67. The minimum atomic E-state index is -0.620. The van der Waals surface area contributed by atoms with Gasteiger partial charge in [0.25, 0.3) is 5.56 Å². The maximum absolute atomic E-state index is 12.7. The molecule has 0 bridgehead atoms. The van der Waals surface area contributed by atoms with E-state index in [1.165, 1.54) is 17.0 Å². The predicted molar refractivity (Wildman–Crippen MR) is 142 cm³/mol. The molecule has 1 aliphatic heterocycles. The highest BCUT2D eigenvalue weighted by Crippen LogP contribution is 2.09. The molecule has 13 heteroatoms. The number of nitrogens with one attached hydrogen (secondary N) is 2. The van der Waals surface area contributed by atoms with Crippen LogP contribution in [0.5, 0.6) is 0 Å². The van der Waals surface area contributed by atoms with Crippen molar-refractivity contribution < 1.29 is 9.59 Å². The third-order valence-corrected chi connectivity index (χ3v) is 6.34. The van der Waals surface area contributed by atoms with Crippen molar-refractivity contribution in [2.75, 3.05) is 43.4 Å². The van der Waals surface area contributed by atoms with E-state index >= 15 is 0 Å². The first-order chi connectivity index (χ1) is 16.7. The van der Waals surface area contributed by atoms with E-state index in [9.17, 15) is 19.2 Å². The molecule has 11 nitrogen and oxygen atoms in total. The van der Waals surface area contributed by atoms with Crippen molar-refractivity contribution in [1.29, 1.82) is 0 Å². The van der Waals surface area contributed by atoms with Crippen LogP contribution in [0, 0.1) is 6.92 Å². The van der Waals surface area contributed by atoms with Crippen LogP contribution in [-0.2, 0) is 16.1 Å². The number of nitrogens with two attached hydrogens (primary N) is 1. The number of carbonyl (C=O) groups is 2. The predicted octanol–water partition coefficient (Wildman–Crippen LogP) is -0.516. The Morgan fingerprint density at radius 2 is 1.94 bits per heavy atom. The van der Waals surface area contributed by atoms with Gasteiger partial charge in [0.2, 0.25) is 11.8 Å². The smallest absolute Gasteiger partial charge is 0.328 e. The van der Waals surface area contributed by atoms with Gasteiger partial charge in [-0.25, -0.2) is 4.79 Å². The number of nitrogens with zero attached hydrogens (tertiary/aromatic N) is 4. The fourth-order valence-electron chi connectivity index (χ4n) is 3.22. The highest BCUT2D eigenvalue weighted by atomic mass is 32.2. The molecule has 1 atom stereocenters. The molecule has 2 heterocycles. The molecule has 2 amide bonds. The zero-order valence-corrected chi connectivity index (χ0v) is 21.5. The molecule has 0 saturated carbocycles. The standard InChI is InChI=1S/C22H33N7O4S2/c1-4-26(19(30)14-28-6-5-18(23)24-17(28)3)8-11-35-12-9-27(7-10-34)20(31)15-29-13-16(2)21(32)25-22(29)33/h4-6,13,18,24,34H,1,3,7-12,14-15,23H2,2H3,(H,25,32,33). The number of hydrogen-bond acceptors (Lipinski definition) is 9.